The molecule has 0 saturated carbocycles. The van der Waals surface area contributed by atoms with Gasteiger partial charge in [-0.05, 0) is 25.1 Å². The van der Waals surface area contributed by atoms with E-state index in [-0.39, 0.29) is 0 Å². The molecule has 28 heavy (non-hydrogen) atoms. The second-order valence-electron chi connectivity index (χ2n) is 6.18. The van der Waals surface area contributed by atoms with Crippen molar-refractivity contribution in [1.29, 1.82) is 0 Å². The molecular formula is C21H27N3O4. The summed E-state index contributed by atoms with van der Waals surface area (Å²) in [5.74, 6) is 3.57. The lowest BCUT2D eigenvalue weighted by Crippen LogP contribution is -2.30. The first-order valence-corrected chi connectivity index (χ1v) is 9.40. The number of benzene rings is 2. The van der Waals surface area contributed by atoms with Gasteiger partial charge in [0.2, 0.25) is 0 Å². The summed E-state index contributed by atoms with van der Waals surface area (Å²) in [6.45, 7) is 4.55. The lowest BCUT2D eigenvalue weighted by molar-refractivity contribution is 0.296. The van der Waals surface area contributed by atoms with Gasteiger partial charge in [-0.3, -0.25) is 0 Å². The molecule has 7 nitrogen and oxygen atoms in total. The maximum atomic E-state index is 5.88. The molecule has 0 saturated heterocycles. The Balaban J connectivity index is 1.78. The van der Waals surface area contributed by atoms with Crippen molar-refractivity contribution in [2.24, 2.45) is 4.99 Å². The molecule has 150 valence electrons. The third-order valence-corrected chi connectivity index (χ3v) is 4.25. The number of methoxy groups -OCH3 is 2. The van der Waals surface area contributed by atoms with Gasteiger partial charge in [-0.25, -0.2) is 4.99 Å². The maximum Gasteiger partial charge on any atom is 0.196 e. The minimum Gasteiger partial charge on any atom is -0.493 e. The topological polar surface area (TPSA) is 73.3 Å². The highest BCUT2D eigenvalue weighted by Gasteiger charge is 2.14. The van der Waals surface area contributed by atoms with Gasteiger partial charge >= 0.3 is 0 Å². The van der Waals surface area contributed by atoms with Crippen LogP contribution in [0, 0.1) is 0 Å². The molecule has 1 heterocycles. The summed E-state index contributed by atoms with van der Waals surface area (Å²) in [5, 5.41) is 6.55. The Bertz CT molecular complexity index is 823. The number of aliphatic imine (C=N–C) groups is 1. The zero-order valence-electron chi connectivity index (χ0n) is 16.6. The number of anilines is 1. The maximum absolute atomic E-state index is 5.88. The van der Waals surface area contributed by atoms with Crippen molar-refractivity contribution in [3.05, 3.63) is 42.0 Å². The van der Waals surface area contributed by atoms with E-state index in [0.717, 1.165) is 35.7 Å². The third kappa shape index (κ3) is 4.79. The monoisotopic (exact) mass is 385 g/mol. The number of nitrogens with zero attached hydrogens (tertiary/aromatic N) is 1. The molecule has 1 aliphatic heterocycles. The minimum absolute atomic E-state index is 0.467. The predicted molar refractivity (Wildman–Crippen MR) is 110 cm³/mol. The highest BCUT2D eigenvalue weighted by molar-refractivity contribution is 5.94. The van der Waals surface area contributed by atoms with Gasteiger partial charge < -0.3 is 29.6 Å². The highest BCUT2D eigenvalue weighted by Crippen LogP contribution is 2.34. The van der Waals surface area contributed by atoms with Crippen molar-refractivity contribution in [1.82, 2.24) is 5.32 Å². The Morgan fingerprint density at radius 2 is 1.89 bits per heavy atom. The fourth-order valence-corrected chi connectivity index (χ4v) is 2.90. The van der Waals surface area contributed by atoms with Gasteiger partial charge in [0.15, 0.2) is 29.0 Å². The lowest BCUT2D eigenvalue weighted by Gasteiger charge is -2.15. The van der Waals surface area contributed by atoms with Crippen molar-refractivity contribution in [2.75, 3.05) is 39.3 Å². The van der Waals surface area contributed by atoms with Crippen LogP contribution in [0.1, 0.15) is 18.9 Å². The minimum atomic E-state index is 0.467. The summed E-state index contributed by atoms with van der Waals surface area (Å²) in [6.07, 6.45) is 0.876. The largest absolute Gasteiger partial charge is 0.493 e. The summed E-state index contributed by atoms with van der Waals surface area (Å²) < 4.78 is 22.3. The lowest BCUT2D eigenvalue weighted by atomic mass is 10.2. The van der Waals surface area contributed by atoms with E-state index in [0.29, 0.717) is 37.2 Å². The third-order valence-electron chi connectivity index (χ3n) is 4.25. The molecule has 0 bridgehead atoms. The van der Waals surface area contributed by atoms with Crippen molar-refractivity contribution in [3.8, 4) is 23.0 Å². The van der Waals surface area contributed by atoms with E-state index in [4.69, 9.17) is 23.9 Å². The van der Waals surface area contributed by atoms with Crippen LogP contribution < -0.4 is 29.6 Å². The van der Waals surface area contributed by atoms with Gasteiger partial charge in [-0.2, -0.15) is 0 Å². The number of hydrogen-bond acceptors (Lipinski definition) is 5. The summed E-state index contributed by atoms with van der Waals surface area (Å²) in [6, 6.07) is 11.6. The van der Waals surface area contributed by atoms with Gasteiger partial charge in [-0.1, -0.05) is 12.1 Å². The van der Waals surface area contributed by atoms with Crippen LogP contribution in [0.2, 0.25) is 0 Å². The first kappa shape index (κ1) is 19.7. The summed E-state index contributed by atoms with van der Waals surface area (Å²) in [4.78, 5) is 4.70. The molecule has 0 aliphatic carbocycles. The Labute approximate surface area is 165 Å². The molecule has 7 heteroatoms. The Hall–Kier alpha value is -3.09. The number of rotatable bonds is 6. The molecule has 2 N–H and O–H groups in total. The van der Waals surface area contributed by atoms with Crippen LogP contribution >= 0.6 is 0 Å². The molecule has 0 aromatic heterocycles. The molecule has 2 aromatic carbocycles. The molecule has 0 radical (unpaired) electrons. The van der Waals surface area contributed by atoms with Crippen molar-refractivity contribution < 1.29 is 18.9 Å². The summed E-state index contributed by atoms with van der Waals surface area (Å²) in [7, 11) is 3.23. The molecule has 1 aliphatic rings. The average Bonchev–Trinajstić information content (AvgIpc) is 2.98. The Kier molecular flexibility index (Phi) is 6.84. The normalized spacial score (nSPS) is 13.5. The number of hydrogen-bond donors (Lipinski definition) is 2. The number of guanidine groups is 1. The number of fused-ring (bicyclic) bond motifs is 1. The van der Waals surface area contributed by atoms with Crippen molar-refractivity contribution in [3.63, 3.8) is 0 Å². The first-order valence-electron chi connectivity index (χ1n) is 9.40. The van der Waals surface area contributed by atoms with Gasteiger partial charge in [0.1, 0.15) is 0 Å². The Morgan fingerprint density at radius 1 is 1.07 bits per heavy atom. The standard InChI is InChI=1S/C21H27N3O4/c1-4-22-21(24-16-9-10-17(25-2)19(13-16)26-3)23-14-15-7-5-8-18-20(15)28-12-6-11-27-18/h5,7-10,13H,4,6,11-12,14H2,1-3H3,(H2,22,23,24). The molecule has 0 unspecified atom stereocenters. The van der Waals surface area contributed by atoms with Gasteiger partial charge in [0.05, 0.1) is 34.0 Å². The molecule has 0 fully saturated rings. The smallest absolute Gasteiger partial charge is 0.196 e. The van der Waals surface area contributed by atoms with Crippen LogP contribution in [-0.2, 0) is 6.54 Å². The Morgan fingerprint density at radius 3 is 2.68 bits per heavy atom. The van der Waals surface area contributed by atoms with E-state index in [9.17, 15) is 0 Å². The van der Waals surface area contributed by atoms with Crippen LogP contribution in [0.15, 0.2) is 41.4 Å². The number of ether oxygens (including phenoxy) is 4. The molecule has 2 aromatic rings. The van der Waals surface area contributed by atoms with Gasteiger partial charge in [-0.15, -0.1) is 0 Å². The van der Waals surface area contributed by atoms with Crippen LogP contribution in [-0.4, -0.2) is 39.9 Å². The first-order chi connectivity index (χ1) is 13.7. The summed E-state index contributed by atoms with van der Waals surface area (Å²) >= 11 is 0. The molecule has 0 atom stereocenters. The molecular weight excluding hydrogens is 358 g/mol. The van der Waals surface area contributed by atoms with E-state index in [1.807, 2.05) is 43.3 Å². The predicted octanol–water partition coefficient (Wildman–Crippen LogP) is 3.44. The molecule has 3 rings (SSSR count). The van der Waals surface area contributed by atoms with E-state index in [1.165, 1.54) is 0 Å². The van der Waals surface area contributed by atoms with Crippen LogP contribution in [0.5, 0.6) is 23.0 Å². The quantitative estimate of drug-likeness (QED) is 0.586. The molecule has 0 spiro atoms. The van der Waals surface area contributed by atoms with E-state index in [2.05, 4.69) is 10.6 Å². The average molecular weight is 385 g/mol. The number of para-hydroxylation sites is 1. The molecule has 0 amide bonds. The van der Waals surface area contributed by atoms with Crippen molar-refractivity contribution in [2.45, 2.75) is 19.9 Å². The van der Waals surface area contributed by atoms with E-state index in [1.54, 1.807) is 14.2 Å². The van der Waals surface area contributed by atoms with Crippen LogP contribution in [0.4, 0.5) is 5.69 Å². The van der Waals surface area contributed by atoms with Crippen LogP contribution in [0.3, 0.4) is 0 Å². The zero-order valence-corrected chi connectivity index (χ0v) is 16.6. The fraction of sp³-hybridized carbons (Fsp3) is 0.381. The van der Waals surface area contributed by atoms with Gasteiger partial charge in [0, 0.05) is 30.3 Å². The SMILES string of the molecule is CCNC(=NCc1cccc2c1OCCCO2)Nc1ccc(OC)c(OC)c1. The second kappa shape index (κ2) is 9.73. The highest BCUT2D eigenvalue weighted by atomic mass is 16.5. The second-order valence-corrected chi connectivity index (χ2v) is 6.18. The fourth-order valence-electron chi connectivity index (χ4n) is 2.90. The van der Waals surface area contributed by atoms with Crippen LogP contribution in [0.25, 0.3) is 0 Å². The van der Waals surface area contributed by atoms with Gasteiger partial charge in [0.25, 0.3) is 0 Å². The van der Waals surface area contributed by atoms with Crippen molar-refractivity contribution >= 4 is 11.6 Å². The number of nitrogens with one attached hydrogen (secondary N) is 2. The summed E-state index contributed by atoms with van der Waals surface area (Å²) in [5.41, 5.74) is 1.84. The van der Waals surface area contributed by atoms with E-state index < -0.39 is 0 Å². The van der Waals surface area contributed by atoms with E-state index >= 15 is 0 Å². The zero-order chi connectivity index (χ0) is 19.8.